The second kappa shape index (κ2) is 6.89. The third-order valence-electron chi connectivity index (χ3n) is 3.40. The molecule has 1 aromatic carbocycles. The van der Waals surface area contributed by atoms with Crippen LogP contribution >= 0.6 is 23.1 Å². The molecule has 1 aromatic heterocycles. The van der Waals surface area contributed by atoms with Crippen molar-refractivity contribution >= 4 is 33.3 Å². The summed E-state index contributed by atoms with van der Waals surface area (Å²) in [6.07, 6.45) is 2.84. The first-order valence-electron chi connectivity index (χ1n) is 7.16. The molecule has 0 spiro atoms. The lowest BCUT2D eigenvalue weighted by Gasteiger charge is -2.13. The molecule has 3 nitrogen and oxygen atoms in total. The highest BCUT2D eigenvalue weighted by Gasteiger charge is 2.15. The molecule has 1 saturated heterocycles. The first-order chi connectivity index (χ1) is 9.81. The van der Waals surface area contributed by atoms with Crippen LogP contribution in [0.4, 0.5) is 0 Å². The third kappa shape index (κ3) is 3.73. The van der Waals surface area contributed by atoms with Gasteiger partial charge in [-0.3, -0.25) is 0 Å². The van der Waals surface area contributed by atoms with E-state index in [1.807, 2.05) is 17.8 Å². The summed E-state index contributed by atoms with van der Waals surface area (Å²) < 4.78 is 8.05. The molecule has 1 aliphatic rings. The Morgan fingerprint density at radius 3 is 3.20 bits per heavy atom. The number of benzene rings is 1. The van der Waals surface area contributed by atoms with Crippen LogP contribution in [0.2, 0.25) is 0 Å². The lowest BCUT2D eigenvalue weighted by Crippen LogP contribution is -2.30. The van der Waals surface area contributed by atoms with Crippen molar-refractivity contribution in [3.8, 4) is 0 Å². The predicted octanol–water partition coefficient (Wildman–Crippen LogP) is 3.55. The van der Waals surface area contributed by atoms with Crippen molar-refractivity contribution in [2.24, 2.45) is 0 Å². The molecule has 2 heterocycles. The summed E-state index contributed by atoms with van der Waals surface area (Å²) >= 11 is 3.64. The van der Waals surface area contributed by atoms with Crippen LogP contribution in [0.1, 0.15) is 19.8 Å². The summed E-state index contributed by atoms with van der Waals surface area (Å²) in [4.78, 5) is 4.67. The van der Waals surface area contributed by atoms with E-state index in [-0.39, 0.29) is 0 Å². The number of fused-ring (bicyclic) bond motifs is 1. The van der Waals surface area contributed by atoms with E-state index < -0.39 is 0 Å². The molecule has 0 aliphatic carbocycles. The van der Waals surface area contributed by atoms with E-state index >= 15 is 0 Å². The maximum atomic E-state index is 5.61. The highest BCUT2D eigenvalue weighted by molar-refractivity contribution is 8.01. The van der Waals surface area contributed by atoms with Gasteiger partial charge in [-0.15, -0.1) is 11.3 Å². The lowest BCUT2D eigenvalue weighted by atomic mass is 10.2. The van der Waals surface area contributed by atoms with Gasteiger partial charge in [-0.25, -0.2) is 4.98 Å². The van der Waals surface area contributed by atoms with E-state index in [2.05, 4.69) is 35.4 Å². The smallest absolute Gasteiger partial charge is 0.151 e. The molecule has 2 aromatic rings. The van der Waals surface area contributed by atoms with E-state index in [9.17, 15) is 0 Å². The molecule has 20 heavy (non-hydrogen) atoms. The van der Waals surface area contributed by atoms with Crippen molar-refractivity contribution in [2.45, 2.75) is 35.5 Å². The van der Waals surface area contributed by atoms with Gasteiger partial charge < -0.3 is 10.1 Å². The van der Waals surface area contributed by atoms with Crippen molar-refractivity contribution in [1.29, 1.82) is 0 Å². The first kappa shape index (κ1) is 14.3. The van der Waals surface area contributed by atoms with Crippen LogP contribution in [0, 0.1) is 0 Å². The zero-order valence-corrected chi connectivity index (χ0v) is 13.3. The fraction of sp³-hybridized carbons (Fsp3) is 0.533. The molecule has 0 saturated carbocycles. The van der Waals surface area contributed by atoms with Gasteiger partial charge in [-0.2, -0.15) is 0 Å². The van der Waals surface area contributed by atoms with Crippen LogP contribution in [0.25, 0.3) is 10.2 Å². The van der Waals surface area contributed by atoms with Crippen LogP contribution in [0.3, 0.4) is 0 Å². The van der Waals surface area contributed by atoms with Crippen LogP contribution in [0.5, 0.6) is 0 Å². The Labute approximate surface area is 128 Å². The molecular weight excluding hydrogens is 288 g/mol. The minimum atomic E-state index is 0.426. The molecule has 2 atom stereocenters. The molecule has 5 heteroatoms. The van der Waals surface area contributed by atoms with Gasteiger partial charge in [0.05, 0.1) is 16.3 Å². The van der Waals surface area contributed by atoms with E-state index in [1.54, 1.807) is 11.3 Å². The lowest BCUT2D eigenvalue weighted by molar-refractivity contribution is 0.110. The van der Waals surface area contributed by atoms with Crippen molar-refractivity contribution in [1.82, 2.24) is 10.3 Å². The fourth-order valence-electron chi connectivity index (χ4n) is 2.37. The topological polar surface area (TPSA) is 34.1 Å². The van der Waals surface area contributed by atoms with Gasteiger partial charge in [-0.1, -0.05) is 30.8 Å². The Bertz CT molecular complexity index is 519. The number of para-hydroxylation sites is 1. The SMILES string of the molecule is CC(CNCC1CCCO1)Sc1nc2ccccc2s1. The standard InChI is InChI=1S/C15H20N2OS2/c1-11(9-16-10-12-5-4-8-18-12)19-15-17-13-6-2-3-7-14(13)20-15/h2-3,6-7,11-12,16H,4-5,8-10H2,1H3. The Morgan fingerprint density at radius 1 is 1.50 bits per heavy atom. The van der Waals surface area contributed by atoms with E-state index in [1.165, 1.54) is 17.5 Å². The largest absolute Gasteiger partial charge is 0.377 e. The number of hydrogen-bond donors (Lipinski definition) is 1. The highest BCUT2D eigenvalue weighted by atomic mass is 32.2. The van der Waals surface area contributed by atoms with Gasteiger partial charge in [0.2, 0.25) is 0 Å². The van der Waals surface area contributed by atoms with Crippen LogP contribution in [0.15, 0.2) is 28.6 Å². The molecule has 1 fully saturated rings. The number of nitrogens with zero attached hydrogens (tertiary/aromatic N) is 1. The molecule has 3 rings (SSSR count). The summed E-state index contributed by atoms with van der Waals surface area (Å²) in [6.45, 7) is 5.16. The second-order valence-corrected chi connectivity index (χ2v) is 7.89. The Hall–Kier alpha value is -0.620. The first-order valence-corrected chi connectivity index (χ1v) is 8.85. The number of thioether (sulfide) groups is 1. The highest BCUT2D eigenvalue weighted by Crippen LogP contribution is 2.31. The van der Waals surface area contributed by atoms with Gasteiger partial charge >= 0.3 is 0 Å². The van der Waals surface area contributed by atoms with Crippen LogP contribution in [-0.4, -0.2) is 36.0 Å². The molecule has 0 bridgehead atoms. The summed E-state index contributed by atoms with van der Waals surface area (Å²) in [5.41, 5.74) is 1.11. The minimum Gasteiger partial charge on any atom is -0.377 e. The number of aromatic nitrogens is 1. The molecule has 0 amide bonds. The van der Waals surface area contributed by atoms with E-state index in [4.69, 9.17) is 4.74 Å². The second-order valence-electron chi connectivity index (χ2n) is 5.17. The summed E-state index contributed by atoms with van der Waals surface area (Å²) in [6, 6.07) is 8.33. The average molecular weight is 308 g/mol. The van der Waals surface area contributed by atoms with Crippen molar-refractivity contribution in [3.05, 3.63) is 24.3 Å². The number of ether oxygens (including phenoxy) is 1. The average Bonchev–Trinajstić information content (AvgIpc) is 3.06. The van der Waals surface area contributed by atoms with Gasteiger partial charge in [0.1, 0.15) is 0 Å². The predicted molar refractivity (Wildman–Crippen MR) is 86.8 cm³/mol. The zero-order chi connectivity index (χ0) is 13.8. The fourth-order valence-corrected chi connectivity index (χ4v) is 4.72. The van der Waals surface area contributed by atoms with Gasteiger partial charge in [0, 0.05) is 24.9 Å². The Balaban J connectivity index is 1.46. The maximum Gasteiger partial charge on any atom is 0.151 e. The van der Waals surface area contributed by atoms with Crippen LogP contribution < -0.4 is 5.32 Å². The minimum absolute atomic E-state index is 0.426. The van der Waals surface area contributed by atoms with Crippen molar-refractivity contribution < 1.29 is 4.74 Å². The van der Waals surface area contributed by atoms with Crippen LogP contribution in [-0.2, 0) is 4.74 Å². The van der Waals surface area contributed by atoms with Gasteiger partial charge in [0.15, 0.2) is 4.34 Å². The zero-order valence-electron chi connectivity index (χ0n) is 11.7. The van der Waals surface area contributed by atoms with Gasteiger partial charge in [0.25, 0.3) is 0 Å². The number of thiazole rings is 1. The Kier molecular flexibility index (Phi) is 4.94. The van der Waals surface area contributed by atoms with Gasteiger partial charge in [-0.05, 0) is 25.0 Å². The normalized spacial score (nSPS) is 20.6. The molecule has 2 unspecified atom stereocenters. The summed E-state index contributed by atoms with van der Waals surface area (Å²) in [5, 5.41) is 4.04. The Morgan fingerprint density at radius 2 is 2.40 bits per heavy atom. The van der Waals surface area contributed by atoms with Crippen molar-refractivity contribution in [3.63, 3.8) is 0 Å². The number of nitrogens with one attached hydrogen (secondary N) is 1. The quantitative estimate of drug-likeness (QED) is 0.828. The molecule has 108 valence electrons. The molecule has 1 aliphatic heterocycles. The maximum absolute atomic E-state index is 5.61. The van der Waals surface area contributed by atoms with E-state index in [0.717, 1.165) is 29.6 Å². The van der Waals surface area contributed by atoms with E-state index in [0.29, 0.717) is 11.4 Å². The monoisotopic (exact) mass is 308 g/mol. The molecular formula is C15H20N2OS2. The summed E-state index contributed by atoms with van der Waals surface area (Å²) in [5.74, 6) is 0. The number of rotatable bonds is 6. The summed E-state index contributed by atoms with van der Waals surface area (Å²) in [7, 11) is 0. The van der Waals surface area contributed by atoms with Crippen molar-refractivity contribution in [2.75, 3.05) is 19.7 Å². The third-order valence-corrected chi connectivity index (χ3v) is 5.64. The molecule has 1 N–H and O–H groups in total. The molecule has 0 radical (unpaired) electrons. The number of hydrogen-bond acceptors (Lipinski definition) is 5.